The maximum Gasteiger partial charge on any atom is 0.587 e. The number of fused-ring (bicyclic) bond motifs is 1. The molecule has 1 atom stereocenters. The molecule has 0 amide bonds. The topological polar surface area (TPSA) is 44.8 Å². The first-order valence-electron chi connectivity index (χ1n) is 8.49. The van der Waals surface area contributed by atoms with E-state index in [0.717, 1.165) is 12.0 Å². The van der Waals surface area contributed by atoms with Crippen LogP contribution >= 0.6 is 7.82 Å². The lowest BCUT2D eigenvalue weighted by molar-refractivity contribution is 0.181. The van der Waals surface area contributed by atoms with Gasteiger partial charge >= 0.3 is 7.82 Å². The molecule has 0 aromatic heterocycles. The summed E-state index contributed by atoms with van der Waals surface area (Å²) in [5.41, 5.74) is 2.13. The van der Waals surface area contributed by atoms with E-state index in [4.69, 9.17) is 13.6 Å². The second kappa shape index (κ2) is 7.87. The molecule has 1 aliphatic heterocycles. The summed E-state index contributed by atoms with van der Waals surface area (Å²) in [6.45, 7) is 2.44. The van der Waals surface area contributed by atoms with Crippen molar-refractivity contribution in [3.8, 4) is 11.5 Å². The highest BCUT2D eigenvalue weighted by atomic mass is 31.2. The average molecular weight is 346 g/mol. The van der Waals surface area contributed by atoms with E-state index >= 15 is 0 Å². The maximum absolute atomic E-state index is 12.6. The number of para-hydroxylation sites is 1. The minimum absolute atomic E-state index is 0.225. The normalized spacial score (nSPS) is 19.4. The Balaban J connectivity index is 1.59. The number of phosphoric ester groups is 1. The van der Waals surface area contributed by atoms with Gasteiger partial charge in [0.2, 0.25) is 0 Å². The quantitative estimate of drug-likeness (QED) is 0.462. The summed E-state index contributed by atoms with van der Waals surface area (Å²) in [6.07, 6.45) is 6.02. The van der Waals surface area contributed by atoms with Gasteiger partial charge in [0.05, 0.1) is 6.61 Å². The van der Waals surface area contributed by atoms with Crippen molar-refractivity contribution in [2.75, 3.05) is 0 Å². The van der Waals surface area contributed by atoms with Crippen LogP contribution < -0.4 is 9.05 Å². The smallest absolute Gasteiger partial charge is 0.395 e. The zero-order valence-electron chi connectivity index (χ0n) is 13.9. The molecule has 0 bridgehead atoms. The van der Waals surface area contributed by atoms with E-state index in [2.05, 4.69) is 6.92 Å². The fraction of sp³-hybridized carbons (Fsp3) is 0.368. The largest absolute Gasteiger partial charge is 0.587 e. The third-order valence-electron chi connectivity index (χ3n) is 4.02. The molecule has 0 spiro atoms. The zero-order chi connectivity index (χ0) is 16.8. The first-order chi connectivity index (χ1) is 11.7. The molecule has 2 aromatic rings. The van der Waals surface area contributed by atoms with Crippen molar-refractivity contribution in [2.24, 2.45) is 0 Å². The van der Waals surface area contributed by atoms with Crippen molar-refractivity contribution in [3.05, 3.63) is 59.7 Å². The molecule has 0 saturated carbocycles. The Morgan fingerprint density at radius 3 is 2.62 bits per heavy atom. The molecule has 0 saturated heterocycles. The summed E-state index contributed by atoms with van der Waals surface area (Å²) < 4.78 is 28.9. The first kappa shape index (κ1) is 17.1. The van der Waals surface area contributed by atoms with E-state index in [9.17, 15) is 4.57 Å². The number of benzene rings is 2. The molecule has 3 rings (SSSR count). The molecule has 128 valence electrons. The monoisotopic (exact) mass is 346 g/mol. The van der Waals surface area contributed by atoms with Crippen molar-refractivity contribution >= 4 is 7.82 Å². The van der Waals surface area contributed by atoms with Gasteiger partial charge in [0.25, 0.3) is 0 Å². The molecule has 0 fully saturated rings. The van der Waals surface area contributed by atoms with Gasteiger partial charge in [-0.1, -0.05) is 56.5 Å². The standard InChI is InChI=1S/C19H23O4P/c1-2-3-4-5-8-16-11-13-18(14-12-16)22-24(20)21-15-17-9-6-7-10-19(17)23-24/h6-7,9-14H,2-5,8,15H2,1H3. The van der Waals surface area contributed by atoms with Crippen molar-refractivity contribution in [1.29, 1.82) is 0 Å². The number of unbranched alkanes of at least 4 members (excludes halogenated alkanes) is 3. The van der Waals surface area contributed by atoms with Crippen LogP contribution in [0, 0.1) is 0 Å². The summed E-state index contributed by atoms with van der Waals surface area (Å²) in [7, 11) is -3.61. The third kappa shape index (κ3) is 4.40. The molecule has 0 radical (unpaired) electrons. The molecule has 24 heavy (non-hydrogen) atoms. The Bertz CT molecular complexity index is 712. The predicted octanol–water partition coefficient (Wildman–Crippen LogP) is 5.91. The summed E-state index contributed by atoms with van der Waals surface area (Å²) >= 11 is 0. The van der Waals surface area contributed by atoms with E-state index < -0.39 is 7.82 Å². The Hall–Kier alpha value is -1.77. The fourth-order valence-electron chi connectivity index (χ4n) is 2.65. The van der Waals surface area contributed by atoms with Gasteiger partial charge in [0.15, 0.2) is 0 Å². The van der Waals surface area contributed by atoms with Gasteiger partial charge in [-0.25, -0.2) is 4.57 Å². The molecular weight excluding hydrogens is 323 g/mol. The van der Waals surface area contributed by atoms with Crippen LogP contribution in [0.4, 0.5) is 0 Å². The number of hydrogen-bond donors (Lipinski definition) is 0. The van der Waals surface area contributed by atoms with E-state index in [1.807, 2.05) is 42.5 Å². The minimum Gasteiger partial charge on any atom is -0.395 e. The highest BCUT2D eigenvalue weighted by molar-refractivity contribution is 7.49. The van der Waals surface area contributed by atoms with Crippen LogP contribution in [0.15, 0.2) is 48.5 Å². The third-order valence-corrected chi connectivity index (χ3v) is 5.32. The van der Waals surface area contributed by atoms with Crippen molar-refractivity contribution in [1.82, 2.24) is 0 Å². The molecule has 4 nitrogen and oxygen atoms in total. The molecule has 0 N–H and O–H groups in total. The van der Waals surface area contributed by atoms with Crippen molar-refractivity contribution in [3.63, 3.8) is 0 Å². The van der Waals surface area contributed by atoms with Gasteiger partial charge in [-0.3, -0.25) is 4.52 Å². The molecule has 2 aromatic carbocycles. The average Bonchev–Trinajstić information content (AvgIpc) is 2.60. The summed E-state index contributed by atoms with van der Waals surface area (Å²) in [5.74, 6) is 1.05. The lowest BCUT2D eigenvalue weighted by atomic mass is 10.1. The van der Waals surface area contributed by atoms with E-state index in [-0.39, 0.29) is 6.61 Å². The summed E-state index contributed by atoms with van der Waals surface area (Å²) in [4.78, 5) is 0. The molecule has 0 aliphatic carbocycles. The second-order valence-electron chi connectivity index (χ2n) is 5.97. The second-order valence-corrected chi connectivity index (χ2v) is 7.48. The lowest BCUT2D eigenvalue weighted by Crippen LogP contribution is -2.11. The Kier molecular flexibility index (Phi) is 5.60. The first-order valence-corrected chi connectivity index (χ1v) is 9.95. The van der Waals surface area contributed by atoms with Crippen LogP contribution in [-0.2, 0) is 22.1 Å². The van der Waals surface area contributed by atoms with Crippen LogP contribution in [0.5, 0.6) is 11.5 Å². The van der Waals surface area contributed by atoms with Gasteiger partial charge in [0.1, 0.15) is 11.5 Å². The SMILES string of the molecule is CCCCCCc1ccc(OP2(=O)OCc3ccccc3O2)cc1. The molecule has 1 aliphatic rings. The minimum atomic E-state index is -3.61. The highest BCUT2D eigenvalue weighted by Gasteiger charge is 2.35. The van der Waals surface area contributed by atoms with Gasteiger partial charge in [-0.2, -0.15) is 0 Å². The predicted molar refractivity (Wildman–Crippen MR) is 94.4 cm³/mol. The Morgan fingerprint density at radius 1 is 1.04 bits per heavy atom. The van der Waals surface area contributed by atoms with Gasteiger partial charge < -0.3 is 9.05 Å². The summed E-state index contributed by atoms with van der Waals surface area (Å²) in [6, 6.07) is 15.0. The van der Waals surface area contributed by atoms with Crippen LogP contribution in [0.25, 0.3) is 0 Å². The zero-order valence-corrected chi connectivity index (χ0v) is 14.8. The maximum atomic E-state index is 12.6. The Morgan fingerprint density at radius 2 is 1.83 bits per heavy atom. The van der Waals surface area contributed by atoms with Crippen LogP contribution in [0.2, 0.25) is 0 Å². The van der Waals surface area contributed by atoms with Crippen molar-refractivity contribution in [2.45, 2.75) is 45.6 Å². The van der Waals surface area contributed by atoms with Gasteiger partial charge in [-0.15, -0.1) is 0 Å². The van der Waals surface area contributed by atoms with Crippen LogP contribution in [0.3, 0.4) is 0 Å². The number of aryl methyl sites for hydroxylation is 1. The molecular formula is C19H23O4P. The summed E-state index contributed by atoms with van der Waals surface area (Å²) in [5, 5.41) is 0. The highest BCUT2D eigenvalue weighted by Crippen LogP contribution is 2.54. The number of rotatable bonds is 7. The number of phosphoric acid groups is 1. The number of hydrogen-bond acceptors (Lipinski definition) is 4. The van der Waals surface area contributed by atoms with E-state index in [0.29, 0.717) is 11.5 Å². The lowest BCUT2D eigenvalue weighted by Gasteiger charge is -2.24. The molecule has 5 heteroatoms. The van der Waals surface area contributed by atoms with Crippen molar-refractivity contribution < 1.29 is 18.1 Å². The van der Waals surface area contributed by atoms with Gasteiger partial charge in [-0.05, 0) is 36.6 Å². The molecule has 1 heterocycles. The van der Waals surface area contributed by atoms with Crippen LogP contribution in [-0.4, -0.2) is 0 Å². The van der Waals surface area contributed by atoms with E-state index in [1.54, 1.807) is 6.07 Å². The fourth-order valence-corrected chi connectivity index (χ4v) is 3.89. The molecule has 1 unspecified atom stereocenters. The van der Waals surface area contributed by atoms with E-state index in [1.165, 1.54) is 31.2 Å². The Labute approximate surface area is 143 Å². The van der Waals surface area contributed by atoms with Crippen LogP contribution in [0.1, 0.15) is 43.7 Å². The van der Waals surface area contributed by atoms with Gasteiger partial charge in [0, 0.05) is 5.56 Å².